The quantitative estimate of drug-likeness (QED) is 0.710. The van der Waals surface area contributed by atoms with Crippen molar-refractivity contribution in [1.82, 2.24) is 5.32 Å². The molecule has 0 unspecified atom stereocenters. The van der Waals surface area contributed by atoms with Gasteiger partial charge in [0.2, 0.25) is 0 Å². The molecule has 24 heavy (non-hydrogen) atoms. The highest BCUT2D eigenvalue weighted by atomic mass is 32.2. The van der Waals surface area contributed by atoms with Gasteiger partial charge in [0.05, 0.1) is 27.9 Å². The first-order chi connectivity index (χ1) is 11.7. The summed E-state index contributed by atoms with van der Waals surface area (Å²) in [5, 5.41) is 2.86. The Bertz CT molecular complexity index is 673. The third kappa shape index (κ3) is 5.58. The van der Waals surface area contributed by atoms with E-state index < -0.39 is 10.8 Å². The first-order valence-corrected chi connectivity index (χ1v) is 9.41. The number of ether oxygens (including phenoxy) is 1. The van der Waals surface area contributed by atoms with Crippen molar-refractivity contribution in [3.8, 4) is 0 Å². The Balaban J connectivity index is 1.73. The molecule has 2 aromatic rings. The van der Waals surface area contributed by atoms with E-state index in [2.05, 4.69) is 5.32 Å². The Morgan fingerprint density at radius 2 is 1.79 bits per heavy atom. The van der Waals surface area contributed by atoms with Crippen molar-refractivity contribution in [2.24, 2.45) is 0 Å². The van der Waals surface area contributed by atoms with Crippen LogP contribution in [0.1, 0.15) is 29.3 Å². The molecule has 0 saturated heterocycles. The Kier molecular flexibility index (Phi) is 7.65. The van der Waals surface area contributed by atoms with Crippen LogP contribution in [0.15, 0.2) is 59.5 Å². The van der Waals surface area contributed by atoms with Crippen molar-refractivity contribution in [1.29, 1.82) is 0 Å². The smallest absolute Gasteiger partial charge is 0.252 e. The van der Waals surface area contributed by atoms with Crippen LogP contribution in [-0.2, 0) is 22.1 Å². The minimum atomic E-state index is -1.14. The molecular weight excluding hydrogens is 322 g/mol. The van der Waals surface area contributed by atoms with Crippen LogP contribution >= 0.6 is 0 Å². The number of hydrogen-bond donors (Lipinski definition) is 1. The van der Waals surface area contributed by atoms with Gasteiger partial charge in [-0.2, -0.15) is 0 Å². The zero-order chi connectivity index (χ0) is 17.2. The summed E-state index contributed by atoms with van der Waals surface area (Å²) < 4.78 is 17.6. The fraction of sp³-hybridized carbons (Fsp3) is 0.316. The number of nitrogens with one attached hydrogen (secondary N) is 1. The van der Waals surface area contributed by atoms with Crippen molar-refractivity contribution in [3.05, 3.63) is 65.7 Å². The second-order valence-corrected chi connectivity index (χ2v) is 6.99. The Morgan fingerprint density at radius 3 is 2.54 bits per heavy atom. The highest BCUT2D eigenvalue weighted by molar-refractivity contribution is 7.85. The van der Waals surface area contributed by atoms with Crippen LogP contribution < -0.4 is 5.32 Å². The SMILES string of the molecule is CC[S@](=O)c1ccccc1C(=O)NCCCOCc1ccccc1. The predicted molar refractivity (Wildman–Crippen MR) is 96.4 cm³/mol. The van der Waals surface area contributed by atoms with Gasteiger partial charge in [-0.1, -0.05) is 49.4 Å². The van der Waals surface area contributed by atoms with Crippen LogP contribution in [0.2, 0.25) is 0 Å². The van der Waals surface area contributed by atoms with Crippen LogP contribution in [0, 0.1) is 0 Å². The van der Waals surface area contributed by atoms with E-state index in [0.717, 1.165) is 12.0 Å². The van der Waals surface area contributed by atoms with Crippen LogP contribution in [-0.4, -0.2) is 29.0 Å². The van der Waals surface area contributed by atoms with Gasteiger partial charge in [-0.15, -0.1) is 0 Å². The molecule has 0 aliphatic heterocycles. The number of rotatable bonds is 9. The zero-order valence-corrected chi connectivity index (χ0v) is 14.7. The average molecular weight is 345 g/mol. The number of carbonyl (C=O) groups is 1. The highest BCUT2D eigenvalue weighted by Crippen LogP contribution is 2.13. The van der Waals surface area contributed by atoms with Crippen LogP contribution in [0.25, 0.3) is 0 Å². The molecule has 0 spiro atoms. The van der Waals surface area contributed by atoms with Gasteiger partial charge in [-0.05, 0) is 24.1 Å². The summed E-state index contributed by atoms with van der Waals surface area (Å²) in [4.78, 5) is 12.8. The molecule has 2 rings (SSSR count). The number of amides is 1. The normalized spacial score (nSPS) is 11.9. The summed E-state index contributed by atoms with van der Waals surface area (Å²) in [5.74, 6) is 0.313. The molecule has 0 saturated carbocycles. The largest absolute Gasteiger partial charge is 0.377 e. The van der Waals surface area contributed by atoms with Gasteiger partial charge >= 0.3 is 0 Å². The van der Waals surface area contributed by atoms with Crippen molar-refractivity contribution in [3.63, 3.8) is 0 Å². The molecule has 1 N–H and O–H groups in total. The van der Waals surface area contributed by atoms with Crippen molar-refractivity contribution in [2.45, 2.75) is 24.8 Å². The molecule has 2 aromatic carbocycles. The van der Waals surface area contributed by atoms with E-state index in [4.69, 9.17) is 4.74 Å². The van der Waals surface area contributed by atoms with Crippen LogP contribution in [0.3, 0.4) is 0 Å². The second kappa shape index (κ2) is 10.0. The monoisotopic (exact) mass is 345 g/mol. The summed E-state index contributed by atoms with van der Waals surface area (Å²) in [7, 11) is -1.14. The number of benzene rings is 2. The van der Waals surface area contributed by atoms with E-state index in [0.29, 0.717) is 36.0 Å². The predicted octanol–water partition coefficient (Wildman–Crippen LogP) is 3.15. The van der Waals surface area contributed by atoms with Gasteiger partial charge in [-0.3, -0.25) is 9.00 Å². The fourth-order valence-corrected chi connectivity index (χ4v) is 3.19. The molecule has 0 heterocycles. The highest BCUT2D eigenvalue weighted by Gasteiger charge is 2.13. The van der Waals surface area contributed by atoms with Gasteiger partial charge < -0.3 is 10.1 Å². The third-order valence-corrected chi connectivity index (χ3v) is 4.87. The molecule has 0 radical (unpaired) electrons. The van der Waals surface area contributed by atoms with E-state index in [1.807, 2.05) is 37.3 Å². The lowest BCUT2D eigenvalue weighted by Crippen LogP contribution is -2.26. The number of carbonyl (C=O) groups excluding carboxylic acids is 1. The lowest BCUT2D eigenvalue weighted by molar-refractivity contribution is 0.0931. The zero-order valence-electron chi connectivity index (χ0n) is 13.9. The minimum Gasteiger partial charge on any atom is -0.377 e. The summed E-state index contributed by atoms with van der Waals surface area (Å²) >= 11 is 0. The summed E-state index contributed by atoms with van der Waals surface area (Å²) in [6.07, 6.45) is 0.734. The molecule has 0 aromatic heterocycles. The lowest BCUT2D eigenvalue weighted by Gasteiger charge is -2.09. The molecule has 0 aliphatic rings. The second-order valence-electron chi connectivity index (χ2n) is 5.28. The van der Waals surface area contributed by atoms with E-state index in [1.54, 1.807) is 24.3 Å². The molecular formula is C19H23NO3S. The Labute approximate surface area is 145 Å². The lowest BCUT2D eigenvalue weighted by atomic mass is 10.2. The molecule has 128 valence electrons. The summed E-state index contributed by atoms with van der Waals surface area (Å²) in [6, 6.07) is 17.0. The molecule has 1 amide bonds. The molecule has 0 aliphatic carbocycles. The number of hydrogen-bond acceptors (Lipinski definition) is 3. The molecule has 5 heteroatoms. The molecule has 0 bridgehead atoms. The van der Waals surface area contributed by atoms with Crippen LogP contribution in [0.4, 0.5) is 0 Å². The Morgan fingerprint density at radius 1 is 1.08 bits per heavy atom. The average Bonchev–Trinajstić information content (AvgIpc) is 2.64. The van der Waals surface area contributed by atoms with Gasteiger partial charge in [0.25, 0.3) is 5.91 Å². The van der Waals surface area contributed by atoms with Gasteiger partial charge in [-0.25, -0.2) is 0 Å². The van der Waals surface area contributed by atoms with Crippen molar-refractivity contribution >= 4 is 16.7 Å². The van der Waals surface area contributed by atoms with E-state index in [-0.39, 0.29) is 5.91 Å². The van der Waals surface area contributed by atoms with E-state index in [1.165, 1.54) is 0 Å². The topological polar surface area (TPSA) is 55.4 Å². The standard InChI is InChI=1S/C19H23NO3S/c1-2-24(22)18-12-7-6-11-17(18)19(21)20-13-8-14-23-15-16-9-4-3-5-10-16/h3-7,9-12H,2,8,13-15H2,1H3,(H,20,21)/t24-/m0/s1. The van der Waals surface area contributed by atoms with Gasteiger partial charge in [0.15, 0.2) is 0 Å². The first kappa shape index (κ1) is 18.4. The maximum atomic E-state index is 12.3. The summed E-state index contributed by atoms with van der Waals surface area (Å²) in [5.41, 5.74) is 1.63. The van der Waals surface area contributed by atoms with E-state index >= 15 is 0 Å². The van der Waals surface area contributed by atoms with Crippen molar-refractivity contribution in [2.75, 3.05) is 18.9 Å². The Hall–Kier alpha value is -1.98. The fourth-order valence-electron chi connectivity index (χ4n) is 2.24. The van der Waals surface area contributed by atoms with Crippen molar-refractivity contribution < 1.29 is 13.7 Å². The third-order valence-electron chi connectivity index (χ3n) is 3.50. The van der Waals surface area contributed by atoms with Gasteiger partial charge in [0, 0.05) is 18.9 Å². The summed E-state index contributed by atoms with van der Waals surface area (Å²) in [6.45, 7) is 3.53. The minimum absolute atomic E-state index is 0.185. The maximum Gasteiger partial charge on any atom is 0.252 e. The van der Waals surface area contributed by atoms with E-state index in [9.17, 15) is 9.00 Å². The van der Waals surface area contributed by atoms with Gasteiger partial charge in [0.1, 0.15) is 0 Å². The molecule has 4 nitrogen and oxygen atoms in total. The maximum absolute atomic E-state index is 12.3. The first-order valence-electron chi connectivity index (χ1n) is 8.09. The van der Waals surface area contributed by atoms with Crippen LogP contribution in [0.5, 0.6) is 0 Å². The molecule has 0 fully saturated rings. The molecule has 1 atom stereocenters.